The van der Waals surface area contributed by atoms with E-state index in [1.54, 1.807) is 6.07 Å². The van der Waals surface area contributed by atoms with Gasteiger partial charge in [0, 0.05) is 5.02 Å². The quantitative estimate of drug-likeness (QED) is 0.884. The fraction of sp³-hybridized carbons (Fsp3) is 0.562. The van der Waals surface area contributed by atoms with Crippen molar-refractivity contribution < 1.29 is 9.50 Å². The SMILES string of the molecule is CCC1CCCC(C#N)(C(O)c2cc(F)cc(Cl)c2)C1. The van der Waals surface area contributed by atoms with Crippen molar-refractivity contribution in [1.29, 1.82) is 5.26 Å². The summed E-state index contributed by atoms with van der Waals surface area (Å²) in [6, 6.07) is 6.32. The molecule has 1 aliphatic rings. The summed E-state index contributed by atoms with van der Waals surface area (Å²) in [4.78, 5) is 0. The molecular formula is C16H19ClFNO. The molecule has 2 rings (SSSR count). The summed E-state index contributed by atoms with van der Waals surface area (Å²) in [7, 11) is 0. The minimum absolute atomic E-state index is 0.245. The number of hydrogen-bond acceptors (Lipinski definition) is 2. The highest BCUT2D eigenvalue weighted by molar-refractivity contribution is 6.30. The Labute approximate surface area is 124 Å². The average molecular weight is 296 g/mol. The monoisotopic (exact) mass is 295 g/mol. The van der Waals surface area contributed by atoms with Gasteiger partial charge in [0.2, 0.25) is 0 Å². The molecule has 108 valence electrons. The Morgan fingerprint density at radius 3 is 2.90 bits per heavy atom. The lowest BCUT2D eigenvalue weighted by atomic mass is 9.65. The molecular weight excluding hydrogens is 277 g/mol. The van der Waals surface area contributed by atoms with Gasteiger partial charge in [-0.05, 0) is 42.5 Å². The zero-order valence-corrected chi connectivity index (χ0v) is 12.3. The number of aliphatic hydroxyl groups excluding tert-OH is 1. The van der Waals surface area contributed by atoms with Crippen molar-refractivity contribution in [3.8, 4) is 6.07 Å². The molecule has 4 heteroatoms. The normalized spacial score (nSPS) is 27.9. The number of rotatable bonds is 3. The van der Waals surface area contributed by atoms with Crippen LogP contribution in [0.5, 0.6) is 0 Å². The van der Waals surface area contributed by atoms with Crippen LogP contribution in [-0.4, -0.2) is 5.11 Å². The highest BCUT2D eigenvalue weighted by Gasteiger charge is 2.43. The predicted octanol–water partition coefficient (Wildman–Crippen LogP) is 4.62. The maximum Gasteiger partial charge on any atom is 0.125 e. The first-order chi connectivity index (χ1) is 9.50. The molecule has 20 heavy (non-hydrogen) atoms. The molecule has 1 fully saturated rings. The van der Waals surface area contributed by atoms with Crippen molar-refractivity contribution >= 4 is 11.6 Å². The van der Waals surface area contributed by atoms with Crippen LogP contribution in [0, 0.1) is 28.5 Å². The van der Waals surface area contributed by atoms with E-state index in [0.717, 1.165) is 19.3 Å². The van der Waals surface area contributed by atoms with Crippen molar-refractivity contribution in [2.24, 2.45) is 11.3 Å². The van der Waals surface area contributed by atoms with Crippen molar-refractivity contribution in [2.75, 3.05) is 0 Å². The lowest BCUT2D eigenvalue weighted by molar-refractivity contribution is 0.0183. The van der Waals surface area contributed by atoms with Crippen LogP contribution in [0.15, 0.2) is 18.2 Å². The molecule has 0 bridgehead atoms. The lowest BCUT2D eigenvalue weighted by Crippen LogP contribution is -2.33. The molecule has 1 aliphatic carbocycles. The van der Waals surface area contributed by atoms with E-state index in [2.05, 4.69) is 13.0 Å². The Balaban J connectivity index is 2.33. The van der Waals surface area contributed by atoms with Gasteiger partial charge in [-0.2, -0.15) is 5.26 Å². The van der Waals surface area contributed by atoms with E-state index < -0.39 is 17.3 Å². The summed E-state index contributed by atoms with van der Waals surface area (Å²) in [5.41, 5.74) is -0.427. The first-order valence-electron chi connectivity index (χ1n) is 7.06. The van der Waals surface area contributed by atoms with E-state index in [9.17, 15) is 14.8 Å². The van der Waals surface area contributed by atoms with Gasteiger partial charge >= 0.3 is 0 Å². The summed E-state index contributed by atoms with van der Waals surface area (Å²) >= 11 is 5.84. The maximum atomic E-state index is 13.4. The van der Waals surface area contributed by atoms with E-state index in [-0.39, 0.29) is 5.02 Å². The molecule has 2 nitrogen and oxygen atoms in total. The number of hydrogen-bond donors (Lipinski definition) is 1. The van der Waals surface area contributed by atoms with E-state index >= 15 is 0 Å². The van der Waals surface area contributed by atoms with Gasteiger partial charge in [0.25, 0.3) is 0 Å². The van der Waals surface area contributed by atoms with Gasteiger partial charge in [-0.25, -0.2) is 4.39 Å². The second-order valence-corrected chi connectivity index (χ2v) is 6.18. The van der Waals surface area contributed by atoms with Crippen LogP contribution >= 0.6 is 11.6 Å². The average Bonchev–Trinajstić information content (AvgIpc) is 2.45. The Hall–Kier alpha value is -1.11. The molecule has 0 saturated heterocycles. The first kappa shape index (κ1) is 15.3. The van der Waals surface area contributed by atoms with E-state index in [1.807, 2.05) is 0 Å². The number of nitrogens with zero attached hydrogens (tertiary/aromatic N) is 1. The van der Waals surface area contributed by atoms with Crippen molar-refractivity contribution in [1.82, 2.24) is 0 Å². The molecule has 1 aromatic carbocycles. The molecule has 0 radical (unpaired) electrons. The summed E-state index contributed by atoms with van der Waals surface area (Å²) < 4.78 is 13.4. The van der Waals surface area contributed by atoms with Gasteiger partial charge in [-0.1, -0.05) is 37.8 Å². The number of aliphatic hydroxyl groups is 1. The largest absolute Gasteiger partial charge is 0.387 e. The third kappa shape index (κ3) is 2.97. The van der Waals surface area contributed by atoms with Crippen LogP contribution in [0.2, 0.25) is 5.02 Å². The maximum absolute atomic E-state index is 13.4. The molecule has 0 spiro atoms. The topological polar surface area (TPSA) is 44.0 Å². The predicted molar refractivity (Wildman–Crippen MR) is 76.7 cm³/mol. The molecule has 0 amide bonds. The first-order valence-corrected chi connectivity index (χ1v) is 7.44. The Bertz CT molecular complexity index is 507. The van der Waals surface area contributed by atoms with Crippen molar-refractivity contribution in [3.63, 3.8) is 0 Å². The Kier molecular flexibility index (Phi) is 4.67. The lowest BCUT2D eigenvalue weighted by Gasteiger charge is -2.39. The number of nitriles is 1. The van der Waals surface area contributed by atoms with Crippen LogP contribution in [0.25, 0.3) is 0 Å². The second-order valence-electron chi connectivity index (χ2n) is 5.74. The van der Waals surface area contributed by atoms with Gasteiger partial charge in [-0.15, -0.1) is 0 Å². The van der Waals surface area contributed by atoms with Crippen molar-refractivity contribution in [2.45, 2.75) is 45.1 Å². The third-order valence-electron chi connectivity index (χ3n) is 4.41. The summed E-state index contributed by atoms with van der Waals surface area (Å²) in [6.07, 6.45) is 3.34. The number of halogens is 2. The van der Waals surface area contributed by atoms with Crippen LogP contribution < -0.4 is 0 Å². The molecule has 1 saturated carbocycles. The third-order valence-corrected chi connectivity index (χ3v) is 4.63. The van der Waals surface area contributed by atoms with Crippen LogP contribution in [0.1, 0.15) is 50.7 Å². The Morgan fingerprint density at radius 2 is 2.30 bits per heavy atom. The molecule has 0 heterocycles. The standard InChI is InChI=1S/C16H19ClFNO/c1-2-11-4-3-5-16(9-11,10-19)15(20)12-6-13(17)8-14(18)7-12/h6-8,11,15,20H,2-5,9H2,1H3. The zero-order valence-electron chi connectivity index (χ0n) is 11.6. The van der Waals surface area contributed by atoms with Gasteiger partial charge < -0.3 is 5.11 Å². The fourth-order valence-corrected chi connectivity index (χ4v) is 3.47. The summed E-state index contributed by atoms with van der Waals surface area (Å²) in [6.45, 7) is 2.10. The molecule has 1 N–H and O–H groups in total. The fourth-order valence-electron chi connectivity index (χ4n) is 3.24. The van der Waals surface area contributed by atoms with Gasteiger partial charge in [0.05, 0.1) is 17.6 Å². The minimum atomic E-state index is -0.991. The summed E-state index contributed by atoms with van der Waals surface area (Å²) in [5.74, 6) is -0.0374. The van der Waals surface area contributed by atoms with E-state index in [0.29, 0.717) is 24.3 Å². The smallest absolute Gasteiger partial charge is 0.125 e. The molecule has 1 aromatic rings. The molecule has 0 aromatic heterocycles. The van der Waals surface area contributed by atoms with Gasteiger partial charge in [-0.3, -0.25) is 0 Å². The molecule has 0 aliphatic heterocycles. The van der Waals surface area contributed by atoms with Gasteiger partial charge in [0.1, 0.15) is 5.82 Å². The van der Waals surface area contributed by atoms with Gasteiger partial charge in [0.15, 0.2) is 0 Å². The van der Waals surface area contributed by atoms with Crippen LogP contribution in [0.3, 0.4) is 0 Å². The van der Waals surface area contributed by atoms with Crippen molar-refractivity contribution in [3.05, 3.63) is 34.6 Å². The number of benzene rings is 1. The van der Waals surface area contributed by atoms with E-state index in [1.165, 1.54) is 12.1 Å². The highest BCUT2D eigenvalue weighted by Crippen LogP contribution is 2.48. The molecule has 3 unspecified atom stereocenters. The minimum Gasteiger partial charge on any atom is -0.387 e. The van der Waals surface area contributed by atoms with Crippen LogP contribution in [0.4, 0.5) is 4.39 Å². The molecule has 3 atom stereocenters. The Morgan fingerprint density at radius 1 is 1.55 bits per heavy atom. The summed E-state index contributed by atoms with van der Waals surface area (Å²) in [5, 5.41) is 20.4. The second kappa shape index (κ2) is 6.11. The zero-order chi connectivity index (χ0) is 14.8. The van der Waals surface area contributed by atoms with Crippen LogP contribution in [-0.2, 0) is 0 Å². The van der Waals surface area contributed by atoms with E-state index in [4.69, 9.17) is 11.6 Å². The highest BCUT2D eigenvalue weighted by atomic mass is 35.5.